The molecule has 3 aliphatic rings. The lowest BCUT2D eigenvalue weighted by Gasteiger charge is -2.36. The fourth-order valence-electron chi connectivity index (χ4n) is 6.89. The smallest absolute Gasteiger partial charge is 0.410 e. The molecule has 10 unspecified atom stereocenters. The zero-order valence-electron chi connectivity index (χ0n) is 31.2. The van der Waals surface area contributed by atoms with Crippen LogP contribution in [0.15, 0.2) is 36.0 Å². The van der Waals surface area contributed by atoms with Gasteiger partial charge < -0.3 is 44.1 Å². The number of rotatable bonds is 12. The molecule has 2 saturated heterocycles. The summed E-state index contributed by atoms with van der Waals surface area (Å²) in [6.45, 7) is 17.4. The molecule has 0 aromatic heterocycles. The van der Waals surface area contributed by atoms with Gasteiger partial charge in [0, 0.05) is 45.0 Å². The van der Waals surface area contributed by atoms with Crippen molar-refractivity contribution in [3.63, 3.8) is 0 Å². The monoisotopic (exact) mass is 692 g/mol. The Kier molecular flexibility index (Phi) is 15.8. The first-order chi connectivity index (χ1) is 23.1. The average Bonchev–Trinajstić information content (AvgIpc) is 3.85. The molecule has 280 valence electrons. The molecular formula is C38H64N2O9. The Balaban J connectivity index is 1.77. The van der Waals surface area contributed by atoms with Crippen LogP contribution in [0.3, 0.4) is 0 Å². The van der Waals surface area contributed by atoms with E-state index in [2.05, 4.69) is 11.8 Å². The number of carbonyl (C=O) groups is 2. The van der Waals surface area contributed by atoms with Crippen molar-refractivity contribution >= 4 is 12.1 Å². The van der Waals surface area contributed by atoms with E-state index in [4.69, 9.17) is 18.9 Å². The number of nitrogens with zero attached hydrogens (tertiary/aromatic N) is 2. The molecule has 3 aliphatic heterocycles. The lowest BCUT2D eigenvalue weighted by molar-refractivity contribution is -0.151. The van der Waals surface area contributed by atoms with Crippen molar-refractivity contribution in [3.8, 4) is 0 Å². The van der Waals surface area contributed by atoms with Gasteiger partial charge in [0.05, 0.1) is 36.4 Å². The van der Waals surface area contributed by atoms with Gasteiger partial charge in [-0.3, -0.25) is 4.79 Å². The number of carbonyl (C=O) groups excluding carboxylic acids is 2. The summed E-state index contributed by atoms with van der Waals surface area (Å²) in [5.41, 5.74) is -1.34. The highest BCUT2D eigenvalue weighted by atomic mass is 16.6. The van der Waals surface area contributed by atoms with Crippen LogP contribution < -0.4 is 0 Å². The number of cyclic esters (lactones) is 1. The molecule has 3 rings (SSSR count). The Morgan fingerprint density at radius 3 is 2.63 bits per heavy atom. The summed E-state index contributed by atoms with van der Waals surface area (Å²) in [4.78, 5) is 30.6. The van der Waals surface area contributed by atoms with Crippen LogP contribution in [0.1, 0.15) is 93.4 Å². The molecule has 49 heavy (non-hydrogen) atoms. The van der Waals surface area contributed by atoms with Gasteiger partial charge in [-0.05, 0) is 77.6 Å². The fourth-order valence-corrected chi connectivity index (χ4v) is 6.89. The van der Waals surface area contributed by atoms with Gasteiger partial charge >= 0.3 is 12.1 Å². The van der Waals surface area contributed by atoms with E-state index in [-0.39, 0.29) is 36.9 Å². The van der Waals surface area contributed by atoms with Crippen molar-refractivity contribution in [1.29, 1.82) is 0 Å². The molecule has 0 bridgehead atoms. The molecule has 0 aliphatic carbocycles. The number of methoxy groups -OCH3 is 1. The first-order valence-corrected chi connectivity index (χ1v) is 18.3. The summed E-state index contributed by atoms with van der Waals surface area (Å²) >= 11 is 0. The summed E-state index contributed by atoms with van der Waals surface area (Å²) in [7, 11) is 1.57. The van der Waals surface area contributed by atoms with Crippen LogP contribution >= 0.6 is 0 Å². The number of aliphatic hydroxyl groups excluding tert-OH is 2. The molecule has 0 radical (unpaired) electrons. The van der Waals surface area contributed by atoms with Gasteiger partial charge in [0.15, 0.2) is 6.10 Å². The second-order valence-electron chi connectivity index (χ2n) is 14.9. The first-order valence-electron chi connectivity index (χ1n) is 18.3. The minimum Gasteiger partial charge on any atom is -0.457 e. The minimum absolute atomic E-state index is 0.00327. The molecule has 10 atom stereocenters. The van der Waals surface area contributed by atoms with Gasteiger partial charge in [0.2, 0.25) is 0 Å². The third kappa shape index (κ3) is 12.5. The first kappa shape index (κ1) is 41.1. The quantitative estimate of drug-likeness (QED) is 0.113. The van der Waals surface area contributed by atoms with E-state index in [0.717, 1.165) is 38.0 Å². The number of esters is 1. The van der Waals surface area contributed by atoms with Crippen molar-refractivity contribution in [3.05, 3.63) is 36.0 Å². The lowest BCUT2D eigenvalue weighted by atomic mass is 9.88. The summed E-state index contributed by atoms with van der Waals surface area (Å²) in [6, 6.07) is 0. The number of epoxide rings is 1. The third-order valence-electron chi connectivity index (χ3n) is 10.4. The van der Waals surface area contributed by atoms with Crippen LogP contribution in [0.2, 0.25) is 0 Å². The Bertz CT molecular complexity index is 1160. The predicted octanol–water partition coefficient (Wildman–Crippen LogP) is 4.78. The van der Waals surface area contributed by atoms with Gasteiger partial charge in [0.25, 0.3) is 0 Å². The van der Waals surface area contributed by atoms with E-state index >= 15 is 0 Å². The highest BCUT2D eigenvalue weighted by molar-refractivity contribution is 5.70. The van der Waals surface area contributed by atoms with E-state index in [1.807, 2.05) is 52.8 Å². The topological polar surface area (TPSA) is 142 Å². The van der Waals surface area contributed by atoms with Crippen LogP contribution in [0.25, 0.3) is 0 Å². The molecule has 2 fully saturated rings. The van der Waals surface area contributed by atoms with Gasteiger partial charge in [-0.2, -0.15) is 0 Å². The number of hydrogen-bond donors (Lipinski definition) is 3. The van der Waals surface area contributed by atoms with E-state index in [1.54, 1.807) is 31.1 Å². The van der Waals surface area contributed by atoms with Crippen molar-refractivity contribution in [2.45, 2.75) is 141 Å². The molecule has 1 amide bonds. The van der Waals surface area contributed by atoms with Crippen LogP contribution in [-0.4, -0.2) is 125 Å². The van der Waals surface area contributed by atoms with Crippen molar-refractivity contribution < 1.29 is 43.9 Å². The maximum atomic E-state index is 13.5. The summed E-state index contributed by atoms with van der Waals surface area (Å²) < 4.78 is 23.8. The van der Waals surface area contributed by atoms with E-state index < -0.39 is 47.7 Å². The second-order valence-corrected chi connectivity index (χ2v) is 14.9. The van der Waals surface area contributed by atoms with Gasteiger partial charge in [-0.25, -0.2) is 4.79 Å². The Morgan fingerprint density at radius 2 is 1.96 bits per heavy atom. The second kappa shape index (κ2) is 18.8. The Morgan fingerprint density at radius 1 is 1.22 bits per heavy atom. The van der Waals surface area contributed by atoms with Crippen molar-refractivity contribution in [2.75, 3.05) is 39.8 Å². The van der Waals surface area contributed by atoms with E-state index in [1.165, 1.54) is 0 Å². The van der Waals surface area contributed by atoms with E-state index in [0.29, 0.717) is 32.4 Å². The summed E-state index contributed by atoms with van der Waals surface area (Å²) in [5, 5.41) is 32.0. The number of ether oxygens (including phenoxy) is 4. The average molecular weight is 693 g/mol. The summed E-state index contributed by atoms with van der Waals surface area (Å²) in [6.07, 6.45) is 8.99. The zero-order chi connectivity index (χ0) is 36.4. The van der Waals surface area contributed by atoms with Crippen LogP contribution in [0.4, 0.5) is 4.79 Å². The largest absolute Gasteiger partial charge is 0.457 e. The molecule has 0 aromatic rings. The van der Waals surface area contributed by atoms with Gasteiger partial charge in [-0.1, -0.05) is 52.0 Å². The lowest BCUT2D eigenvalue weighted by Crippen LogP contribution is -2.47. The van der Waals surface area contributed by atoms with Gasteiger partial charge in [-0.15, -0.1) is 0 Å². The van der Waals surface area contributed by atoms with Crippen molar-refractivity contribution in [1.82, 2.24) is 9.80 Å². The fraction of sp³-hybridized carbons (Fsp3) is 0.789. The van der Waals surface area contributed by atoms with Gasteiger partial charge in [0.1, 0.15) is 11.7 Å². The number of hydrogen-bond acceptors (Lipinski definition) is 10. The Hall–Kier alpha value is -2.28. The highest BCUT2D eigenvalue weighted by Crippen LogP contribution is 2.37. The van der Waals surface area contributed by atoms with Crippen LogP contribution in [-0.2, 0) is 23.7 Å². The maximum Gasteiger partial charge on any atom is 0.410 e. The minimum atomic E-state index is -1.14. The van der Waals surface area contributed by atoms with Crippen LogP contribution in [0.5, 0.6) is 0 Å². The molecule has 0 saturated carbocycles. The third-order valence-corrected chi connectivity index (χ3v) is 10.4. The highest BCUT2D eigenvalue weighted by Gasteiger charge is 2.47. The molecule has 11 heteroatoms. The maximum absolute atomic E-state index is 13.5. The van der Waals surface area contributed by atoms with Crippen LogP contribution in [0, 0.1) is 11.8 Å². The molecule has 0 aromatic carbocycles. The van der Waals surface area contributed by atoms with E-state index in [9.17, 15) is 24.9 Å². The molecule has 3 heterocycles. The number of amides is 1. The predicted molar refractivity (Wildman–Crippen MR) is 189 cm³/mol. The normalized spacial score (nSPS) is 34.1. The Labute approximate surface area is 294 Å². The zero-order valence-corrected chi connectivity index (χ0v) is 31.2. The number of allylic oxidation sites excluding steroid dienone is 2. The summed E-state index contributed by atoms with van der Waals surface area (Å²) in [5.74, 6) is -0.833. The standard InChI is InChI=1S/C38H64N2O9/c1-9-19-39-20-12-21-40(23-22-39)36(44)48-32-15-14-27(4)34(49-33(43)24-29(41)16-18-38(32,7)46-8)26(3)13-11-17-37(6,45)25-31-35(47-31)28(5)30(42)10-2/h11,13-15,17,27-32,34-35,41-42,45H,9-10,12,16,18-25H2,1-8H3/b15-14-,17-11+,26-13+. The van der Waals surface area contributed by atoms with Crippen molar-refractivity contribution in [2.24, 2.45) is 11.8 Å². The molecule has 0 spiro atoms. The SMILES string of the molecule is CCCN1CCCN(C(=O)OC2/C=C\C(C)C(/C(C)=C/C=C/C(C)(O)CC3OC3C(C)C(O)CC)OC(=O)CC(O)CCC2(C)OC)CC1. The molecule has 3 N–H and O–H groups in total. The number of aliphatic hydroxyl groups is 3. The molecule has 11 nitrogen and oxygen atoms in total. The molecular weight excluding hydrogens is 628 g/mol.